The Morgan fingerprint density at radius 2 is 1.26 bits per heavy atom. The van der Waals surface area contributed by atoms with E-state index in [0.717, 1.165) is 27.7 Å². The van der Waals surface area contributed by atoms with Crippen LogP contribution in [0.3, 0.4) is 0 Å². The van der Waals surface area contributed by atoms with E-state index in [0.29, 0.717) is 5.06 Å². The SMILES string of the molecule is CC(=O)OCC1O[C@@H](ON2C(=O)c3ccccc3C2=O)C(OC(C)=O)C(OC(C)=O)[C@@H]1OC(C)=O. The van der Waals surface area contributed by atoms with Crippen LogP contribution in [0.5, 0.6) is 0 Å². The second-order valence-electron chi connectivity index (χ2n) is 7.62. The van der Waals surface area contributed by atoms with Crippen LogP contribution in [0.25, 0.3) is 0 Å². The summed E-state index contributed by atoms with van der Waals surface area (Å²) in [5, 5.41) is 0.422. The second kappa shape index (κ2) is 10.6. The largest absolute Gasteiger partial charge is 0.463 e. The van der Waals surface area contributed by atoms with Crippen LogP contribution in [0.4, 0.5) is 0 Å². The zero-order chi connectivity index (χ0) is 25.9. The van der Waals surface area contributed by atoms with Crippen molar-refractivity contribution in [2.24, 2.45) is 0 Å². The fraction of sp³-hybridized carbons (Fsp3) is 0.455. The van der Waals surface area contributed by atoms with Crippen molar-refractivity contribution in [2.45, 2.75) is 58.4 Å². The lowest BCUT2D eigenvalue weighted by atomic mass is 9.98. The first-order chi connectivity index (χ1) is 16.5. The Bertz CT molecular complexity index is 1020. The highest BCUT2D eigenvalue weighted by Crippen LogP contribution is 2.32. The zero-order valence-corrected chi connectivity index (χ0v) is 19.2. The fourth-order valence-corrected chi connectivity index (χ4v) is 3.64. The predicted octanol–water partition coefficient (Wildman–Crippen LogP) is 0.297. The highest BCUT2D eigenvalue weighted by atomic mass is 16.8. The quantitative estimate of drug-likeness (QED) is 0.291. The van der Waals surface area contributed by atoms with Crippen LogP contribution in [-0.4, -0.2) is 78.1 Å². The Kier molecular flexibility index (Phi) is 7.82. The number of imide groups is 1. The topological polar surface area (TPSA) is 161 Å². The average Bonchev–Trinajstić information content (AvgIpc) is 3.00. The molecule has 0 aromatic heterocycles. The smallest absolute Gasteiger partial charge is 0.303 e. The van der Waals surface area contributed by atoms with E-state index >= 15 is 0 Å². The van der Waals surface area contributed by atoms with Crippen LogP contribution in [0, 0.1) is 0 Å². The molecule has 1 fully saturated rings. The number of hydroxylamine groups is 2. The van der Waals surface area contributed by atoms with Crippen LogP contribution < -0.4 is 0 Å². The maximum absolute atomic E-state index is 12.8. The van der Waals surface area contributed by atoms with Crippen molar-refractivity contribution in [3.63, 3.8) is 0 Å². The number of hydrogen-bond acceptors (Lipinski definition) is 12. The molecule has 0 saturated carbocycles. The number of amides is 2. The first-order valence-electron chi connectivity index (χ1n) is 10.4. The molecule has 3 unspecified atom stereocenters. The summed E-state index contributed by atoms with van der Waals surface area (Å²) in [6.45, 7) is 3.83. The molecule has 2 amide bonds. The number of fused-ring (bicyclic) bond motifs is 1. The lowest BCUT2D eigenvalue weighted by Gasteiger charge is -2.44. The molecule has 2 heterocycles. The minimum absolute atomic E-state index is 0.0723. The maximum Gasteiger partial charge on any atom is 0.303 e. The number of carbonyl (C=O) groups excluding carboxylic acids is 6. The molecule has 0 bridgehead atoms. The van der Waals surface area contributed by atoms with Gasteiger partial charge in [-0.25, -0.2) is 4.84 Å². The van der Waals surface area contributed by atoms with Crippen LogP contribution in [0.2, 0.25) is 0 Å². The molecule has 0 aliphatic carbocycles. The van der Waals surface area contributed by atoms with E-state index in [9.17, 15) is 28.8 Å². The van der Waals surface area contributed by atoms with E-state index in [1.165, 1.54) is 12.1 Å². The number of ether oxygens (including phenoxy) is 5. The molecule has 0 radical (unpaired) electrons. The molecule has 1 aromatic rings. The highest BCUT2D eigenvalue weighted by Gasteiger charge is 2.54. The molecule has 13 heteroatoms. The summed E-state index contributed by atoms with van der Waals surface area (Å²) < 4.78 is 26.5. The highest BCUT2D eigenvalue weighted by molar-refractivity contribution is 6.20. The normalized spacial score (nSPS) is 25.5. The first kappa shape index (κ1) is 25.8. The lowest BCUT2D eigenvalue weighted by molar-refractivity contribution is -0.341. The van der Waals surface area contributed by atoms with E-state index in [2.05, 4.69) is 0 Å². The standard InChI is InChI=1S/C22H23NO12/c1-10(24)30-9-16-17(31-11(2)25)18(32-12(3)26)19(33-13(4)27)22(34-16)35-23-20(28)14-7-5-6-8-15(14)21(23)29/h5-8,16-19,22H,9H2,1-4H3/t16?,17-,18?,19?,22+/m1/s1. The Labute approximate surface area is 199 Å². The molecular formula is C22H23NO12. The third-order valence-corrected chi connectivity index (χ3v) is 4.91. The van der Waals surface area contributed by atoms with Crippen molar-refractivity contribution in [3.8, 4) is 0 Å². The van der Waals surface area contributed by atoms with Crippen LogP contribution in [-0.2, 0) is 47.7 Å². The van der Waals surface area contributed by atoms with Gasteiger partial charge in [-0.1, -0.05) is 12.1 Å². The van der Waals surface area contributed by atoms with Gasteiger partial charge >= 0.3 is 23.9 Å². The van der Waals surface area contributed by atoms with Gasteiger partial charge in [-0.15, -0.1) is 5.06 Å². The Balaban J connectivity index is 1.98. The van der Waals surface area contributed by atoms with E-state index in [1.807, 2.05) is 0 Å². The number of benzene rings is 1. The number of carbonyl (C=O) groups is 6. The summed E-state index contributed by atoms with van der Waals surface area (Å²) in [6.07, 6.45) is -7.49. The minimum atomic E-state index is -1.71. The molecule has 0 spiro atoms. The van der Waals surface area contributed by atoms with E-state index in [4.69, 9.17) is 28.5 Å². The molecular weight excluding hydrogens is 470 g/mol. The van der Waals surface area contributed by atoms with Gasteiger partial charge in [0, 0.05) is 27.7 Å². The van der Waals surface area contributed by atoms with Crippen molar-refractivity contribution in [1.29, 1.82) is 0 Å². The van der Waals surface area contributed by atoms with Gasteiger partial charge in [0.25, 0.3) is 11.8 Å². The summed E-state index contributed by atoms with van der Waals surface area (Å²) in [4.78, 5) is 77.9. The number of rotatable bonds is 7. The van der Waals surface area contributed by atoms with Gasteiger partial charge in [0.15, 0.2) is 18.3 Å². The molecule has 0 N–H and O–H groups in total. The lowest BCUT2D eigenvalue weighted by Crippen LogP contribution is -2.63. The average molecular weight is 493 g/mol. The number of nitrogens with zero attached hydrogens (tertiary/aromatic N) is 1. The summed E-state index contributed by atoms with van der Waals surface area (Å²) in [5.41, 5.74) is 0.145. The Morgan fingerprint density at radius 3 is 1.74 bits per heavy atom. The summed E-state index contributed by atoms with van der Waals surface area (Å²) >= 11 is 0. The predicted molar refractivity (Wildman–Crippen MR) is 110 cm³/mol. The third-order valence-electron chi connectivity index (χ3n) is 4.91. The minimum Gasteiger partial charge on any atom is -0.463 e. The van der Waals surface area contributed by atoms with Crippen molar-refractivity contribution in [2.75, 3.05) is 6.61 Å². The van der Waals surface area contributed by atoms with Gasteiger partial charge in [-0.2, -0.15) is 0 Å². The van der Waals surface area contributed by atoms with Gasteiger partial charge in [0.2, 0.25) is 6.29 Å². The molecule has 2 aliphatic heterocycles. The van der Waals surface area contributed by atoms with E-state index in [-0.39, 0.29) is 11.1 Å². The third kappa shape index (κ3) is 5.81. The second-order valence-corrected chi connectivity index (χ2v) is 7.62. The fourth-order valence-electron chi connectivity index (χ4n) is 3.64. The van der Waals surface area contributed by atoms with E-state index in [1.54, 1.807) is 12.1 Å². The molecule has 35 heavy (non-hydrogen) atoms. The summed E-state index contributed by atoms with van der Waals surface area (Å²) in [7, 11) is 0. The number of hydrogen-bond donors (Lipinski definition) is 0. The van der Waals surface area contributed by atoms with E-state index < -0.39 is 73.0 Å². The van der Waals surface area contributed by atoms with Gasteiger partial charge in [-0.3, -0.25) is 28.8 Å². The molecule has 2 aliphatic rings. The molecule has 3 rings (SSSR count). The number of esters is 4. The van der Waals surface area contributed by atoms with Crippen LogP contribution in [0.15, 0.2) is 24.3 Å². The molecule has 5 atom stereocenters. The molecule has 13 nitrogen and oxygen atoms in total. The molecule has 188 valence electrons. The maximum atomic E-state index is 12.8. The monoisotopic (exact) mass is 493 g/mol. The van der Waals surface area contributed by atoms with Gasteiger partial charge in [0.1, 0.15) is 12.7 Å². The zero-order valence-electron chi connectivity index (χ0n) is 19.2. The van der Waals surface area contributed by atoms with Crippen molar-refractivity contribution in [3.05, 3.63) is 35.4 Å². The summed E-state index contributed by atoms with van der Waals surface area (Å²) in [6, 6.07) is 5.96. The molecule has 1 aromatic carbocycles. The molecule has 1 saturated heterocycles. The first-order valence-corrected chi connectivity index (χ1v) is 10.4. The van der Waals surface area contributed by atoms with Gasteiger partial charge < -0.3 is 23.7 Å². The summed E-state index contributed by atoms with van der Waals surface area (Å²) in [5.74, 6) is -4.80. The van der Waals surface area contributed by atoms with Crippen LogP contribution in [0.1, 0.15) is 48.4 Å². The van der Waals surface area contributed by atoms with Crippen molar-refractivity contribution < 1.29 is 57.3 Å². The van der Waals surface area contributed by atoms with Crippen LogP contribution >= 0.6 is 0 Å². The van der Waals surface area contributed by atoms with Crippen molar-refractivity contribution >= 4 is 35.7 Å². The van der Waals surface area contributed by atoms with Crippen molar-refractivity contribution in [1.82, 2.24) is 5.06 Å². The Morgan fingerprint density at radius 1 is 0.771 bits per heavy atom. The Hall–Kier alpha value is -3.84. The van der Waals surface area contributed by atoms with Gasteiger partial charge in [0.05, 0.1) is 11.1 Å². The van der Waals surface area contributed by atoms with Gasteiger partial charge in [-0.05, 0) is 12.1 Å².